The molecule has 2 rings (SSSR count). The van der Waals surface area contributed by atoms with Crippen LogP contribution in [0.25, 0.3) is 0 Å². The third-order valence-corrected chi connectivity index (χ3v) is 3.12. The van der Waals surface area contributed by atoms with Crippen molar-refractivity contribution in [3.05, 3.63) is 34.9 Å². The molecule has 1 atom stereocenters. The molecule has 0 spiro atoms. The Morgan fingerprint density at radius 2 is 1.94 bits per heavy atom. The zero-order valence-corrected chi connectivity index (χ0v) is 8.90. The minimum atomic E-state index is -0.417. The van der Waals surface area contributed by atoms with Crippen LogP contribution in [-0.2, 0) is 17.6 Å². The van der Waals surface area contributed by atoms with Crippen molar-refractivity contribution in [3.8, 4) is 0 Å². The zero-order chi connectivity index (χ0) is 11.7. The van der Waals surface area contributed by atoms with Crippen LogP contribution in [0.5, 0.6) is 0 Å². The van der Waals surface area contributed by atoms with Crippen molar-refractivity contribution < 1.29 is 9.59 Å². The van der Waals surface area contributed by atoms with Crippen LogP contribution in [0.4, 0.5) is 0 Å². The fourth-order valence-electron chi connectivity index (χ4n) is 2.15. The van der Waals surface area contributed by atoms with E-state index in [9.17, 15) is 9.59 Å². The van der Waals surface area contributed by atoms with Gasteiger partial charge in [0.2, 0.25) is 11.8 Å². The molecule has 0 aromatic heterocycles. The van der Waals surface area contributed by atoms with Crippen molar-refractivity contribution in [3.63, 3.8) is 0 Å². The normalized spacial score (nSPS) is 18.9. The number of amides is 2. The van der Waals surface area contributed by atoms with Gasteiger partial charge in [0.25, 0.3) is 0 Å². The zero-order valence-electron chi connectivity index (χ0n) is 8.90. The first-order valence-electron chi connectivity index (χ1n) is 5.29. The van der Waals surface area contributed by atoms with E-state index in [2.05, 4.69) is 0 Å². The first kappa shape index (κ1) is 10.7. The Bertz CT molecular complexity index is 454. The van der Waals surface area contributed by atoms with Crippen molar-refractivity contribution in [2.45, 2.75) is 19.3 Å². The molecular formula is C12H14N2O2. The van der Waals surface area contributed by atoms with Crippen molar-refractivity contribution in [2.24, 2.45) is 17.4 Å². The van der Waals surface area contributed by atoms with Gasteiger partial charge in [-0.25, -0.2) is 0 Å². The summed E-state index contributed by atoms with van der Waals surface area (Å²) in [4.78, 5) is 22.1. The standard InChI is InChI=1S/C12H14N2O2/c13-11(15)9-3-1-7-5-10(12(14)16)4-2-8(7)6-9/h1,3,6,10H,2,4-5H2,(H2,13,15)(H2,14,16). The van der Waals surface area contributed by atoms with E-state index in [0.29, 0.717) is 12.0 Å². The molecule has 16 heavy (non-hydrogen) atoms. The highest BCUT2D eigenvalue weighted by atomic mass is 16.1. The van der Waals surface area contributed by atoms with Crippen LogP contribution in [0.15, 0.2) is 18.2 Å². The van der Waals surface area contributed by atoms with Gasteiger partial charge in [0, 0.05) is 11.5 Å². The minimum Gasteiger partial charge on any atom is -0.369 e. The van der Waals surface area contributed by atoms with Gasteiger partial charge in [-0.1, -0.05) is 6.07 Å². The van der Waals surface area contributed by atoms with E-state index < -0.39 is 5.91 Å². The summed E-state index contributed by atoms with van der Waals surface area (Å²) >= 11 is 0. The van der Waals surface area contributed by atoms with Gasteiger partial charge >= 0.3 is 0 Å². The molecule has 0 aliphatic heterocycles. The number of nitrogens with two attached hydrogens (primary N) is 2. The van der Waals surface area contributed by atoms with E-state index in [0.717, 1.165) is 24.0 Å². The number of primary amides is 2. The van der Waals surface area contributed by atoms with Gasteiger partial charge in [-0.15, -0.1) is 0 Å². The smallest absolute Gasteiger partial charge is 0.248 e. The third-order valence-electron chi connectivity index (χ3n) is 3.12. The summed E-state index contributed by atoms with van der Waals surface area (Å²) in [5.41, 5.74) is 13.2. The SMILES string of the molecule is NC(=O)c1ccc2c(c1)CCC(C(N)=O)C2. The summed E-state index contributed by atoms with van der Waals surface area (Å²) in [5.74, 6) is -0.739. The van der Waals surface area contributed by atoms with Crippen LogP contribution in [0.2, 0.25) is 0 Å². The second-order valence-corrected chi connectivity index (χ2v) is 4.19. The number of benzene rings is 1. The molecule has 1 aliphatic carbocycles. The Labute approximate surface area is 93.6 Å². The Kier molecular flexibility index (Phi) is 2.64. The van der Waals surface area contributed by atoms with Gasteiger partial charge in [0.15, 0.2) is 0 Å². The second kappa shape index (κ2) is 3.96. The van der Waals surface area contributed by atoms with Gasteiger partial charge in [0.1, 0.15) is 0 Å². The fraction of sp³-hybridized carbons (Fsp3) is 0.333. The van der Waals surface area contributed by atoms with Crippen molar-refractivity contribution >= 4 is 11.8 Å². The van der Waals surface area contributed by atoms with Crippen LogP contribution in [0.1, 0.15) is 27.9 Å². The average molecular weight is 218 g/mol. The molecule has 0 saturated heterocycles. The first-order valence-corrected chi connectivity index (χ1v) is 5.29. The van der Waals surface area contributed by atoms with Gasteiger partial charge in [0.05, 0.1) is 0 Å². The molecule has 0 saturated carbocycles. The molecule has 0 bridgehead atoms. The van der Waals surface area contributed by atoms with Gasteiger partial charge in [-0.3, -0.25) is 9.59 Å². The highest BCUT2D eigenvalue weighted by Crippen LogP contribution is 2.26. The molecule has 4 heteroatoms. The predicted molar refractivity (Wildman–Crippen MR) is 59.7 cm³/mol. The van der Waals surface area contributed by atoms with Crippen molar-refractivity contribution in [2.75, 3.05) is 0 Å². The Hall–Kier alpha value is -1.84. The van der Waals surface area contributed by atoms with E-state index in [4.69, 9.17) is 11.5 Å². The van der Waals surface area contributed by atoms with Crippen LogP contribution in [-0.4, -0.2) is 11.8 Å². The maximum absolute atomic E-state index is 11.1. The summed E-state index contributed by atoms with van der Waals surface area (Å²) in [6, 6.07) is 5.38. The highest BCUT2D eigenvalue weighted by molar-refractivity contribution is 5.93. The second-order valence-electron chi connectivity index (χ2n) is 4.19. The maximum atomic E-state index is 11.1. The minimum absolute atomic E-state index is 0.0769. The van der Waals surface area contributed by atoms with E-state index in [1.807, 2.05) is 12.1 Å². The Balaban J connectivity index is 2.29. The summed E-state index contributed by atoms with van der Waals surface area (Å²) in [7, 11) is 0. The molecule has 1 aromatic carbocycles. The first-order chi connectivity index (χ1) is 7.58. The predicted octanol–water partition coefficient (Wildman–Crippen LogP) is 0.376. The molecule has 0 heterocycles. The van der Waals surface area contributed by atoms with Gasteiger partial charge < -0.3 is 11.5 Å². The summed E-state index contributed by atoms with van der Waals surface area (Å²) in [6.07, 6.45) is 2.21. The number of fused-ring (bicyclic) bond motifs is 1. The summed E-state index contributed by atoms with van der Waals surface area (Å²) in [5, 5.41) is 0. The van der Waals surface area contributed by atoms with Crippen LogP contribution in [0, 0.1) is 5.92 Å². The van der Waals surface area contributed by atoms with Crippen LogP contribution < -0.4 is 11.5 Å². The monoisotopic (exact) mass is 218 g/mol. The van der Waals surface area contributed by atoms with Crippen molar-refractivity contribution in [1.82, 2.24) is 0 Å². The molecule has 4 nitrogen and oxygen atoms in total. The number of aryl methyl sites for hydroxylation is 1. The molecule has 1 unspecified atom stereocenters. The van der Waals surface area contributed by atoms with Crippen LogP contribution >= 0.6 is 0 Å². The van der Waals surface area contributed by atoms with Crippen LogP contribution in [0.3, 0.4) is 0 Å². The third kappa shape index (κ3) is 1.91. The number of hydrogen-bond acceptors (Lipinski definition) is 2. The highest BCUT2D eigenvalue weighted by Gasteiger charge is 2.23. The molecule has 1 aromatic rings. The number of carbonyl (C=O) groups excluding carboxylic acids is 2. The number of rotatable bonds is 2. The number of carbonyl (C=O) groups is 2. The number of hydrogen-bond donors (Lipinski definition) is 2. The molecule has 4 N–H and O–H groups in total. The maximum Gasteiger partial charge on any atom is 0.248 e. The molecule has 0 radical (unpaired) electrons. The Morgan fingerprint density at radius 1 is 1.19 bits per heavy atom. The molecule has 2 amide bonds. The van der Waals surface area contributed by atoms with E-state index in [1.165, 1.54) is 0 Å². The fourth-order valence-corrected chi connectivity index (χ4v) is 2.15. The quantitative estimate of drug-likeness (QED) is 0.751. The lowest BCUT2D eigenvalue weighted by atomic mass is 9.83. The summed E-state index contributed by atoms with van der Waals surface area (Å²) in [6.45, 7) is 0. The lowest BCUT2D eigenvalue weighted by Crippen LogP contribution is -2.28. The van der Waals surface area contributed by atoms with Gasteiger partial charge in [-0.05, 0) is 42.5 Å². The van der Waals surface area contributed by atoms with E-state index >= 15 is 0 Å². The van der Waals surface area contributed by atoms with E-state index in [-0.39, 0.29) is 11.8 Å². The molecule has 1 aliphatic rings. The topological polar surface area (TPSA) is 86.2 Å². The lowest BCUT2D eigenvalue weighted by molar-refractivity contribution is -0.122. The summed E-state index contributed by atoms with van der Waals surface area (Å²) < 4.78 is 0. The van der Waals surface area contributed by atoms with E-state index in [1.54, 1.807) is 6.07 Å². The lowest BCUT2D eigenvalue weighted by Gasteiger charge is -2.22. The molecular weight excluding hydrogens is 204 g/mol. The largest absolute Gasteiger partial charge is 0.369 e. The molecule has 0 fully saturated rings. The molecule has 84 valence electrons. The Morgan fingerprint density at radius 3 is 2.56 bits per heavy atom. The van der Waals surface area contributed by atoms with Gasteiger partial charge in [-0.2, -0.15) is 0 Å². The average Bonchev–Trinajstić information content (AvgIpc) is 2.27. The van der Waals surface area contributed by atoms with Crippen molar-refractivity contribution in [1.29, 1.82) is 0 Å².